The number of hydrogen-bond acceptors (Lipinski definition) is 3. The maximum absolute atomic E-state index is 12.0. The third-order valence-corrected chi connectivity index (χ3v) is 3.44. The largest absolute Gasteiger partial charge is 0.499 e. The standard InChI is InChI=1S/C11H15NO4/c1-3-7-6-4-8(16-2)9(11(14)15)12(5-6)10(7)13/h6-7H,3-5H2,1-2H3,(H,14,15)/t6-,7+/m1/s1. The van der Waals surface area contributed by atoms with Gasteiger partial charge in [0.2, 0.25) is 5.91 Å². The average molecular weight is 225 g/mol. The molecule has 1 N–H and O–H groups in total. The van der Waals surface area contributed by atoms with Crippen molar-refractivity contribution in [3.05, 3.63) is 11.5 Å². The summed E-state index contributed by atoms with van der Waals surface area (Å²) in [7, 11) is 1.45. The zero-order chi connectivity index (χ0) is 11.9. The number of rotatable bonds is 3. The number of carbonyl (C=O) groups excluding carboxylic acids is 1. The second-order valence-corrected chi connectivity index (χ2v) is 4.21. The van der Waals surface area contributed by atoms with Gasteiger partial charge in [0.05, 0.1) is 7.11 Å². The van der Waals surface area contributed by atoms with E-state index in [1.54, 1.807) is 0 Å². The molecule has 16 heavy (non-hydrogen) atoms. The van der Waals surface area contributed by atoms with Gasteiger partial charge in [0.15, 0.2) is 5.70 Å². The summed E-state index contributed by atoms with van der Waals surface area (Å²) in [6, 6.07) is 0. The summed E-state index contributed by atoms with van der Waals surface area (Å²) in [6.07, 6.45) is 1.31. The Morgan fingerprint density at radius 2 is 2.31 bits per heavy atom. The van der Waals surface area contributed by atoms with Crippen LogP contribution in [0.5, 0.6) is 0 Å². The van der Waals surface area contributed by atoms with Crippen LogP contribution in [0.25, 0.3) is 0 Å². The molecular weight excluding hydrogens is 210 g/mol. The highest BCUT2D eigenvalue weighted by molar-refractivity contribution is 5.95. The van der Waals surface area contributed by atoms with Crippen LogP contribution in [-0.4, -0.2) is 35.5 Å². The molecule has 5 nitrogen and oxygen atoms in total. The molecule has 0 aromatic rings. The molecule has 1 amide bonds. The van der Waals surface area contributed by atoms with Crippen molar-refractivity contribution in [3.8, 4) is 0 Å². The van der Waals surface area contributed by atoms with Crippen molar-refractivity contribution in [2.75, 3.05) is 13.7 Å². The summed E-state index contributed by atoms with van der Waals surface area (Å²) in [4.78, 5) is 24.5. The summed E-state index contributed by atoms with van der Waals surface area (Å²) in [5.74, 6) is -0.581. The van der Waals surface area contributed by atoms with Crippen molar-refractivity contribution in [2.45, 2.75) is 19.8 Å². The first-order valence-corrected chi connectivity index (χ1v) is 5.42. The molecular formula is C11H15NO4. The van der Waals surface area contributed by atoms with Crippen molar-refractivity contribution in [2.24, 2.45) is 11.8 Å². The fourth-order valence-corrected chi connectivity index (χ4v) is 2.67. The van der Waals surface area contributed by atoms with Gasteiger partial charge in [-0.1, -0.05) is 6.92 Å². The first-order chi connectivity index (χ1) is 7.60. The van der Waals surface area contributed by atoms with E-state index in [1.807, 2.05) is 6.92 Å². The van der Waals surface area contributed by atoms with Gasteiger partial charge in [0, 0.05) is 18.9 Å². The maximum atomic E-state index is 12.0. The molecule has 0 unspecified atom stereocenters. The average Bonchev–Trinajstić information content (AvgIpc) is 2.50. The lowest BCUT2D eigenvalue weighted by atomic mass is 9.89. The van der Waals surface area contributed by atoms with E-state index in [0.717, 1.165) is 6.42 Å². The van der Waals surface area contributed by atoms with E-state index in [1.165, 1.54) is 12.0 Å². The number of fused-ring (bicyclic) bond motifs is 2. The molecule has 88 valence electrons. The second kappa shape index (κ2) is 3.81. The van der Waals surface area contributed by atoms with E-state index in [0.29, 0.717) is 18.7 Å². The molecule has 2 rings (SSSR count). The van der Waals surface area contributed by atoms with E-state index in [-0.39, 0.29) is 23.4 Å². The summed E-state index contributed by atoms with van der Waals surface area (Å²) in [6.45, 7) is 2.48. The van der Waals surface area contributed by atoms with Crippen molar-refractivity contribution in [1.82, 2.24) is 4.90 Å². The number of ether oxygens (including phenoxy) is 1. The molecule has 2 aliphatic heterocycles. The molecule has 2 atom stereocenters. The Bertz CT molecular complexity index is 374. The minimum Gasteiger partial charge on any atom is -0.499 e. The molecule has 0 aliphatic carbocycles. The molecule has 0 aromatic heterocycles. The fraction of sp³-hybridized carbons (Fsp3) is 0.636. The zero-order valence-corrected chi connectivity index (χ0v) is 9.40. The lowest BCUT2D eigenvalue weighted by molar-refractivity contribution is -0.139. The SMILES string of the molecule is CC[C@@H]1C(=O)N2C[C@H]1CC(OC)=C2C(=O)O. The van der Waals surface area contributed by atoms with Gasteiger partial charge in [-0.2, -0.15) is 0 Å². The van der Waals surface area contributed by atoms with Crippen LogP contribution in [-0.2, 0) is 14.3 Å². The van der Waals surface area contributed by atoms with Crippen LogP contribution in [0, 0.1) is 11.8 Å². The van der Waals surface area contributed by atoms with Crippen LogP contribution >= 0.6 is 0 Å². The van der Waals surface area contributed by atoms with E-state index in [2.05, 4.69) is 0 Å². The molecule has 1 fully saturated rings. The number of amides is 1. The van der Waals surface area contributed by atoms with Gasteiger partial charge in [-0.15, -0.1) is 0 Å². The van der Waals surface area contributed by atoms with Gasteiger partial charge in [0.25, 0.3) is 0 Å². The number of aliphatic carboxylic acids is 1. The highest BCUT2D eigenvalue weighted by atomic mass is 16.5. The highest BCUT2D eigenvalue weighted by Crippen LogP contribution is 2.40. The summed E-state index contributed by atoms with van der Waals surface area (Å²) < 4.78 is 5.09. The molecule has 1 saturated heterocycles. The van der Waals surface area contributed by atoms with Crippen LogP contribution in [0.2, 0.25) is 0 Å². The van der Waals surface area contributed by atoms with Gasteiger partial charge in [-0.3, -0.25) is 4.79 Å². The predicted molar refractivity (Wildman–Crippen MR) is 55.3 cm³/mol. The Morgan fingerprint density at radius 3 is 2.81 bits per heavy atom. The van der Waals surface area contributed by atoms with Gasteiger partial charge in [-0.05, 0) is 12.3 Å². The monoisotopic (exact) mass is 225 g/mol. The Balaban J connectivity index is 2.40. The van der Waals surface area contributed by atoms with Crippen molar-refractivity contribution < 1.29 is 19.4 Å². The minimum absolute atomic E-state index is 0.0275. The zero-order valence-electron chi connectivity index (χ0n) is 9.40. The number of hydrogen-bond donors (Lipinski definition) is 1. The molecule has 5 heteroatoms. The van der Waals surface area contributed by atoms with Gasteiger partial charge in [-0.25, -0.2) is 4.79 Å². The first-order valence-electron chi connectivity index (χ1n) is 5.42. The topological polar surface area (TPSA) is 66.8 Å². The molecule has 0 saturated carbocycles. The third-order valence-electron chi connectivity index (χ3n) is 3.44. The minimum atomic E-state index is -1.08. The Labute approximate surface area is 93.7 Å². The van der Waals surface area contributed by atoms with Crippen LogP contribution in [0.1, 0.15) is 19.8 Å². The van der Waals surface area contributed by atoms with Gasteiger partial charge in [0.1, 0.15) is 5.76 Å². The Morgan fingerprint density at radius 1 is 1.62 bits per heavy atom. The van der Waals surface area contributed by atoms with Crippen LogP contribution < -0.4 is 0 Å². The number of nitrogens with zero attached hydrogens (tertiary/aromatic N) is 1. The normalized spacial score (nSPS) is 28.6. The maximum Gasteiger partial charge on any atom is 0.356 e. The fourth-order valence-electron chi connectivity index (χ4n) is 2.67. The Kier molecular flexibility index (Phi) is 2.61. The molecule has 0 spiro atoms. The molecule has 0 aromatic carbocycles. The van der Waals surface area contributed by atoms with Gasteiger partial charge >= 0.3 is 5.97 Å². The number of allylic oxidation sites excluding steroid dienone is 1. The first kappa shape index (κ1) is 11.0. The van der Waals surface area contributed by atoms with Crippen LogP contribution in [0.3, 0.4) is 0 Å². The summed E-state index contributed by atoms with van der Waals surface area (Å²) >= 11 is 0. The van der Waals surface area contributed by atoms with E-state index < -0.39 is 5.97 Å². The van der Waals surface area contributed by atoms with Crippen molar-refractivity contribution in [1.29, 1.82) is 0 Å². The molecule has 2 heterocycles. The number of carbonyl (C=O) groups is 2. The molecule has 2 aliphatic rings. The van der Waals surface area contributed by atoms with E-state index in [9.17, 15) is 9.59 Å². The van der Waals surface area contributed by atoms with Gasteiger partial charge < -0.3 is 14.7 Å². The van der Waals surface area contributed by atoms with Crippen molar-refractivity contribution in [3.63, 3.8) is 0 Å². The summed E-state index contributed by atoms with van der Waals surface area (Å²) in [5, 5.41) is 9.10. The lowest BCUT2D eigenvalue weighted by Gasteiger charge is -2.25. The van der Waals surface area contributed by atoms with Crippen molar-refractivity contribution >= 4 is 11.9 Å². The smallest absolute Gasteiger partial charge is 0.356 e. The molecule has 0 radical (unpaired) electrons. The predicted octanol–water partition coefficient (Wildman–Crippen LogP) is 0.817. The quantitative estimate of drug-likeness (QED) is 0.772. The summed E-state index contributed by atoms with van der Waals surface area (Å²) in [5.41, 5.74) is 0.0275. The Hall–Kier alpha value is -1.52. The molecule has 2 bridgehead atoms. The second-order valence-electron chi connectivity index (χ2n) is 4.21. The van der Waals surface area contributed by atoms with Crippen LogP contribution in [0.4, 0.5) is 0 Å². The number of carboxylic acids is 1. The highest BCUT2D eigenvalue weighted by Gasteiger charge is 2.47. The van der Waals surface area contributed by atoms with E-state index in [4.69, 9.17) is 9.84 Å². The van der Waals surface area contributed by atoms with E-state index >= 15 is 0 Å². The third kappa shape index (κ3) is 1.38. The number of methoxy groups -OCH3 is 1. The number of carboxylic acid groups (broad SMARTS) is 1. The van der Waals surface area contributed by atoms with Crippen LogP contribution in [0.15, 0.2) is 11.5 Å². The lowest BCUT2D eigenvalue weighted by Crippen LogP contribution is -2.33.